The minimum atomic E-state index is -0.319. The van der Waals surface area contributed by atoms with Gasteiger partial charge in [0.05, 0.1) is 6.21 Å². The van der Waals surface area contributed by atoms with E-state index < -0.39 is 0 Å². The molecular weight excluding hydrogens is 267 g/mol. The van der Waals surface area contributed by atoms with Crippen LogP contribution < -0.4 is 10.7 Å². The van der Waals surface area contributed by atoms with Crippen molar-refractivity contribution < 1.29 is 9.18 Å². The first-order valence-electron chi connectivity index (χ1n) is 5.41. The van der Waals surface area contributed by atoms with Crippen LogP contribution in [0.15, 0.2) is 34.7 Å². The summed E-state index contributed by atoms with van der Waals surface area (Å²) in [5.74, 6) is -0.571. The zero-order valence-electron chi connectivity index (χ0n) is 10.1. The smallest absolute Gasteiger partial charge is 0.270 e. The molecule has 2 N–H and O–H groups in total. The molecule has 1 aromatic heterocycles. The fourth-order valence-electron chi connectivity index (χ4n) is 1.31. The quantitative estimate of drug-likeness (QED) is 0.664. The molecule has 1 heterocycles. The van der Waals surface area contributed by atoms with Crippen LogP contribution in [0, 0.1) is 5.82 Å². The second kappa shape index (κ2) is 6.05. The Kier molecular flexibility index (Phi) is 4.19. The first-order valence-corrected chi connectivity index (χ1v) is 6.29. The minimum absolute atomic E-state index is 0.251. The van der Waals surface area contributed by atoms with Crippen LogP contribution in [-0.4, -0.2) is 24.2 Å². The van der Waals surface area contributed by atoms with E-state index >= 15 is 0 Å². The van der Waals surface area contributed by atoms with Crippen LogP contribution in [0.25, 0.3) is 0 Å². The lowest BCUT2D eigenvalue weighted by Gasteiger charge is -1.95. The van der Waals surface area contributed by atoms with E-state index in [1.165, 1.54) is 36.7 Å². The van der Waals surface area contributed by atoms with E-state index in [0.29, 0.717) is 16.4 Å². The van der Waals surface area contributed by atoms with Crippen molar-refractivity contribution in [2.75, 3.05) is 12.5 Å². The zero-order chi connectivity index (χ0) is 13.7. The molecule has 98 valence electrons. The first kappa shape index (κ1) is 13.2. The van der Waals surface area contributed by atoms with E-state index in [2.05, 4.69) is 20.8 Å². The fourth-order valence-corrected chi connectivity index (χ4v) is 1.95. The number of thiazole rings is 1. The van der Waals surface area contributed by atoms with Crippen molar-refractivity contribution in [1.82, 2.24) is 10.3 Å². The van der Waals surface area contributed by atoms with Crippen molar-refractivity contribution in [3.63, 3.8) is 0 Å². The highest BCUT2D eigenvalue weighted by Gasteiger charge is 2.07. The van der Waals surface area contributed by atoms with E-state index in [0.717, 1.165) is 0 Å². The van der Waals surface area contributed by atoms with E-state index in [1.54, 1.807) is 17.5 Å². The van der Waals surface area contributed by atoms with Crippen LogP contribution in [0.4, 0.5) is 9.52 Å². The van der Waals surface area contributed by atoms with Gasteiger partial charge in [0.1, 0.15) is 11.5 Å². The number of benzene rings is 1. The van der Waals surface area contributed by atoms with E-state index in [4.69, 9.17) is 0 Å². The molecule has 2 rings (SSSR count). The lowest BCUT2D eigenvalue weighted by molar-refractivity contribution is 0.0959. The van der Waals surface area contributed by atoms with Crippen molar-refractivity contribution in [1.29, 1.82) is 0 Å². The lowest BCUT2D eigenvalue weighted by atomic mass is 10.2. The van der Waals surface area contributed by atoms with Gasteiger partial charge in [-0.15, -0.1) is 11.3 Å². The Morgan fingerprint density at radius 3 is 3.11 bits per heavy atom. The van der Waals surface area contributed by atoms with E-state index in [-0.39, 0.29) is 11.7 Å². The highest BCUT2D eigenvalue weighted by Crippen LogP contribution is 2.15. The number of anilines is 1. The molecule has 0 bridgehead atoms. The molecule has 19 heavy (non-hydrogen) atoms. The summed E-state index contributed by atoms with van der Waals surface area (Å²) in [7, 11) is 1.54. The monoisotopic (exact) mass is 278 g/mol. The normalized spacial score (nSPS) is 10.6. The number of aromatic nitrogens is 1. The Bertz CT molecular complexity index is 611. The van der Waals surface area contributed by atoms with Gasteiger partial charge in [0, 0.05) is 12.4 Å². The maximum Gasteiger partial charge on any atom is 0.270 e. The Balaban J connectivity index is 1.99. The number of hydrogen-bond donors (Lipinski definition) is 2. The predicted octanol–water partition coefficient (Wildman–Crippen LogP) is 2.09. The number of halogens is 1. The number of hydrogen-bond acceptors (Lipinski definition) is 5. The summed E-state index contributed by atoms with van der Waals surface area (Å²) in [6.07, 6.45) is 1.48. The Morgan fingerprint density at radius 1 is 1.53 bits per heavy atom. The summed E-state index contributed by atoms with van der Waals surface area (Å²) >= 11 is 1.26. The topological polar surface area (TPSA) is 66.4 Å². The van der Waals surface area contributed by atoms with Gasteiger partial charge in [0.25, 0.3) is 5.91 Å². The maximum absolute atomic E-state index is 12.9. The third-order valence-corrected chi connectivity index (χ3v) is 2.93. The van der Waals surface area contributed by atoms with Gasteiger partial charge in [-0.3, -0.25) is 10.2 Å². The van der Waals surface area contributed by atoms with Crippen molar-refractivity contribution >= 4 is 28.6 Å². The van der Waals surface area contributed by atoms with Crippen LogP contribution in [0.1, 0.15) is 16.1 Å². The van der Waals surface area contributed by atoms with Crippen LogP contribution in [0.2, 0.25) is 0 Å². The lowest BCUT2D eigenvalue weighted by Crippen LogP contribution is -2.17. The molecule has 1 aromatic carbocycles. The van der Waals surface area contributed by atoms with Crippen LogP contribution in [0.3, 0.4) is 0 Å². The predicted molar refractivity (Wildman–Crippen MR) is 73.1 cm³/mol. The molecule has 0 fully saturated rings. The average Bonchev–Trinajstić information content (AvgIpc) is 2.87. The summed E-state index contributed by atoms with van der Waals surface area (Å²) in [6, 6.07) is 6.06. The summed E-state index contributed by atoms with van der Waals surface area (Å²) in [6.45, 7) is 0. The standard InChI is InChI=1S/C12H11FN4OS/c1-14-11(18)10-7-19-12(16-10)17-15-6-8-3-2-4-9(13)5-8/h2-7H,1H3,(H,14,18)(H,16,17)/b15-6-. The van der Waals surface area contributed by atoms with Gasteiger partial charge in [-0.1, -0.05) is 12.1 Å². The molecule has 1 amide bonds. The van der Waals surface area contributed by atoms with Gasteiger partial charge in [0.15, 0.2) is 0 Å². The molecule has 0 radical (unpaired) electrons. The molecule has 0 spiro atoms. The van der Waals surface area contributed by atoms with E-state index in [9.17, 15) is 9.18 Å². The highest BCUT2D eigenvalue weighted by molar-refractivity contribution is 7.13. The third-order valence-electron chi connectivity index (χ3n) is 2.19. The molecule has 0 saturated heterocycles. The summed E-state index contributed by atoms with van der Waals surface area (Å²) < 4.78 is 12.9. The van der Waals surface area contributed by atoms with Gasteiger partial charge in [-0.25, -0.2) is 9.37 Å². The number of carbonyl (C=O) groups is 1. The van der Waals surface area contributed by atoms with Gasteiger partial charge >= 0.3 is 0 Å². The van der Waals surface area contributed by atoms with Crippen molar-refractivity contribution in [3.05, 3.63) is 46.7 Å². The van der Waals surface area contributed by atoms with Gasteiger partial charge < -0.3 is 5.32 Å². The van der Waals surface area contributed by atoms with Gasteiger partial charge in [0.2, 0.25) is 5.13 Å². The van der Waals surface area contributed by atoms with Crippen LogP contribution in [-0.2, 0) is 0 Å². The average molecular weight is 278 g/mol. The number of nitrogens with zero attached hydrogens (tertiary/aromatic N) is 2. The number of amides is 1. The number of hydrazone groups is 1. The summed E-state index contributed by atoms with van der Waals surface area (Å²) in [4.78, 5) is 15.3. The second-order valence-electron chi connectivity index (χ2n) is 3.54. The second-order valence-corrected chi connectivity index (χ2v) is 4.40. The SMILES string of the molecule is CNC(=O)c1csc(N/N=C\c2cccc(F)c2)n1. The van der Waals surface area contributed by atoms with Crippen molar-refractivity contribution in [2.45, 2.75) is 0 Å². The number of nitrogens with one attached hydrogen (secondary N) is 2. The fraction of sp³-hybridized carbons (Fsp3) is 0.0833. The molecule has 7 heteroatoms. The van der Waals surface area contributed by atoms with E-state index in [1.807, 2.05) is 0 Å². The maximum atomic E-state index is 12.9. The summed E-state index contributed by atoms with van der Waals surface area (Å²) in [5.41, 5.74) is 3.65. The molecular formula is C12H11FN4OS. The van der Waals surface area contributed by atoms with Crippen molar-refractivity contribution in [3.8, 4) is 0 Å². The third kappa shape index (κ3) is 3.59. The van der Waals surface area contributed by atoms with Crippen molar-refractivity contribution in [2.24, 2.45) is 5.10 Å². The molecule has 0 aliphatic carbocycles. The Labute approximate surface area is 113 Å². The van der Waals surface area contributed by atoms with Gasteiger partial charge in [-0.2, -0.15) is 5.10 Å². The minimum Gasteiger partial charge on any atom is -0.354 e. The number of carbonyl (C=O) groups excluding carboxylic acids is 1. The number of rotatable bonds is 4. The zero-order valence-corrected chi connectivity index (χ0v) is 10.9. The van der Waals surface area contributed by atoms with Crippen LogP contribution in [0.5, 0.6) is 0 Å². The molecule has 0 aliphatic rings. The Hall–Kier alpha value is -2.28. The molecule has 0 saturated carbocycles. The molecule has 2 aromatic rings. The first-order chi connectivity index (χ1) is 9.19. The summed E-state index contributed by atoms with van der Waals surface area (Å²) in [5, 5.41) is 8.52. The molecule has 0 unspecified atom stereocenters. The molecule has 0 aliphatic heterocycles. The Morgan fingerprint density at radius 2 is 2.37 bits per heavy atom. The highest BCUT2D eigenvalue weighted by atomic mass is 32.1. The molecule has 0 atom stereocenters. The largest absolute Gasteiger partial charge is 0.354 e. The van der Waals surface area contributed by atoms with Gasteiger partial charge in [-0.05, 0) is 17.7 Å². The molecule has 5 nitrogen and oxygen atoms in total. The van der Waals surface area contributed by atoms with Crippen LogP contribution >= 0.6 is 11.3 Å².